The SMILES string of the molecule is CCC(O)c1cc(Cl)nc(C(F)(F)F)c1. The second-order valence-electron chi connectivity index (χ2n) is 3.03. The molecule has 1 aromatic rings. The zero-order chi connectivity index (χ0) is 11.6. The van der Waals surface area contributed by atoms with E-state index in [0.29, 0.717) is 6.42 Å². The fourth-order valence-corrected chi connectivity index (χ4v) is 1.31. The van der Waals surface area contributed by atoms with E-state index in [0.717, 1.165) is 6.07 Å². The van der Waals surface area contributed by atoms with E-state index >= 15 is 0 Å². The Bertz CT molecular complexity index is 354. The Balaban J connectivity index is 3.17. The number of pyridine rings is 1. The highest BCUT2D eigenvalue weighted by atomic mass is 35.5. The Morgan fingerprint density at radius 1 is 1.47 bits per heavy atom. The van der Waals surface area contributed by atoms with E-state index in [4.69, 9.17) is 11.6 Å². The molecule has 1 rings (SSSR count). The zero-order valence-corrected chi connectivity index (χ0v) is 8.60. The summed E-state index contributed by atoms with van der Waals surface area (Å²) in [5.74, 6) is 0. The summed E-state index contributed by atoms with van der Waals surface area (Å²) in [5, 5.41) is 9.12. The molecule has 84 valence electrons. The second kappa shape index (κ2) is 4.37. The van der Waals surface area contributed by atoms with E-state index < -0.39 is 18.0 Å². The molecule has 0 saturated carbocycles. The predicted molar refractivity (Wildman–Crippen MR) is 49.5 cm³/mol. The molecular formula is C9H9ClF3NO. The van der Waals surface area contributed by atoms with Crippen molar-refractivity contribution in [1.29, 1.82) is 0 Å². The largest absolute Gasteiger partial charge is 0.433 e. The van der Waals surface area contributed by atoms with E-state index in [-0.39, 0.29) is 10.7 Å². The Labute approximate surface area is 89.7 Å². The van der Waals surface area contributed by atoms with E-state index in [1.165, 1.54) is 6.07 Å². The molecule has 0 spiro atoms. The van der Waals surface area contributed by atoms with E-state index in [9.17, 15) is 18.3 Å². The van der Waals surface area contributed by atoms with Gasteiger partial charge in [-0.1, -0.05) is 18.5 Å². The third kappa shape index (κ3) is 3.07. The first-order valence-corrected chi connectivity index (χ1v) is 4.65. The Morgan fingerprint density at radius 3 is 2.53 bits per heavy atom. The van der Waals surface area contributed by atoms with Gasteiger partial charge in [-0.15, -0.1) is 0 Å². The summed E-state index contributed by atoms with van der Waals surface area (Å²) < 4.78 is 36.9. The number of hydrogen-bond acceptors (Lipinski definition) is 2. The first kappa shape index (κ1) is 12.3. The quantitative estimate of drug-likeness (QED) is 0.804. The Morgan fingerprint density at radius 2 is 2.07 bits per heavy atom. The van der Waals surface area contributed by atoms with Gasteiger partial charge in [0, 0.05) is 0 Å². The van der Waals surface area contributed by atoms with Crippen LogP contribution in [0.15, 0.2) is 12.1 Å². The number of hydrogen-bond donors (Lipinski definition) is 1. The zero-order valence-electron chi connectivity index (χ0n) is 7.85. The number of aromatic nitrogens is 1. The molecule has 1 N–H and O–H groups in total. The van der Waals surface area contributed by atoms with E-state index in [1.807, 2.05) is 0 Å². The predicted octanol–water partition coefficient (Wildman–Crippen LogP) is 3.20. The van der Waals surface area contributed by atoms with Crippen LogP contribution in [0.3, 0.4) is 0 Å². The van der Waals surface area contributed by atoms with Crippen molar-refractivity contribution >= 4 is 11.6 Å². The monoisotopic (exact) mass is 239 g/mol. The molecule has 0 aliphatic heterocycles. The van der Waals surface area contributed by atoms with E-state index in [2.05, 4.69) is 4.98 Å². The average Bonchev–Trinajstić information content (AvgIpc) is 2.14. The Kier molecular flexibility index (Phi) is 3.57. The molecule has 2 nitrogen and oxygen atoms in total. The minimum Gasteiger partial charge on any atom is -0.388 e. The molecule has 1 unspecified atom stereocenters. The molecule has 0 aliphatic rings. The first-order chi connectivity index (χ1) is 6.84. The van der Waals surface area contributed by atoms with Gasteiger partial charge in [-0.3, -0.25) is 0 Å². The van der Waals surface area contributed by atoms with Gasteiger partial charge >= 0.3 is 6.18 Å². The molecular weight excluding hydrogens is 231 g/mol. The molecule has 15 heavy (non-hydrogen) atoms. The molecule has 1 aromatic heterocycles. The van der Waals surface area contributed by atoms with Gasteiger partial charge in [-0.2, -0.15) is 13.2 Å². The third-order valence-corrected chi connectivity index (χ3v) is 2.07. The van der Waals surface area contributed by atoms with Crippen molar-refractivity contribution in [3.05, 3.63) is 28.5 Å². The number of rotatable bonds is 2. The van der Waals surface area contributed by atoms with Gasteiger partial charge in [0.1, 0.15) is 10.8 Å². The van der Waals surface area contributed by atoms with Gasteiger partial charge in [0.15, 0.2) is 0 Å². The van der Waals surface area contributed by atoms with Gasteiger partial charge < -0.3 is 5.11 Å². The highest BCUT2D eigenvalue weighted by Crippen LogP contribution is 2.31. The molecule has 0 amide bonds. The fraction of sp³-hybridized carbons (Fsp3) is 0.444. The van der Waals surface area contributed by atoms with Crippen molar-refractivity contribution < 1.29 is 18.3 Å². The molecule has 0 saturated heterocycles. The van der Waals surface area contributed by atoms with Crippen LogP contribution in [0, 0.1) is 0 Å². The van der Waals surface area contributed by atoms with Crippen LogP contribution in [-0.4, -0.2) is 10.1 Å². The minimum atomic E-state index is -4.55. The van der Waals surface area contributed by atoms with Gasteiger partial charge in [-0.25, -0.2) is 4.98 Å². The summed E-state index contributed by atoms with van der Waals surface area (Å²) in [5.41, 5.74) is -0.956. The van der Waals surface area contributed by atoms with Gasteiger partial charge in [-0.05, 0) is 24.1 Å². The normalized spacial score (nSPS) is 14.0. The summed E-state index contributed by atoms with van der Waals surface area (Å²) in [6.07, 6.45) is -5.18. The van der Waals surface area contributed by atoms with Crippen LogP contribution >= 0.6 is 11.6 Å². The average molecular weight is 240 g/mol. The third-order valence-electron chi connectivity index (χ3n) is 1.88. The molecule has 6 heteroatoms. The minimum absolute atomic E-state index is 0.129. The number of aliphatic hydroxyl groups is 1. The second-order valence-corrected chi connectivity index (χ2v) is 3.42. The number of nitrogens with zero attached hydrogens (tertiary/aromatic N) is 1. The smallest absolute Gasteiger partial charge is 0.388 e. The summed E-state index contributed by atoms with van der Waals surface area (Å²) >= 11 is 5.43. The lowest BCUT2D eigenvalue weighted by molar-refractivity contribution is -0.141. The van der Waals surface area contributed by atoms with Crippen molar-refractivity contribution in [2.45, 2.75) is 25.6 Å². The lowest BCUT2D eigenvalue weighted by Crippen LogP contribution is -2.10. The van der Waals surface area contributed by atoms with Crippen molar-refractivity contribution in [1.82, 2.24) is 4.98 Å². The standard InChI is InChI=1S/C9H9ClF3NO/c1-2-6(15)5-3-7(9(11,12)13)14-8(10)4-5/h3-4,6,15H,2H2,1H3. The molecule has 1 atom stereocenters. The Hall–Kier alpha value is -0.810. The van der Waals surface area contributed by atoms with Crippen LogP contribution in [0.25, 0.3) is 0 Å². The van der Waals surface area contributed by atoms with Crippen molar-refractivity contribution in [3.8, 4) is 0 Å². The van der Waals surface area contributed by atoms with Gasteiger partial charge in [0.2, 0.25) is 0 Å². The molecule has 0 aliphatic carbocycles. The van der Waals surface area contributed by atoms with Crippen molar-refractivity contribution in [2.24, 2.45) is 0 Å². The maximum Gasteiger partial charge on any atom is 0.433 e. The lowest BCUT2D eigenvalue weighted by Gasteiger charge is -2.12. The topological polar surface area (TPSA) is 33.1 Å². The highest BCUT2D eigenvalue weighted by Gasteiger charge is 2.33. The molecule has 0 radical (unpaired) electrons. The van der Waals surface area contributed by atoms with Crippen LogP contribution in [0.1, 0.15) is 30.7 Å². The summed E-state index contributed by atoms with van der Waals surface area (Å²) in [6.45, 7) is 1.66. The van der Waals surface area contributed by atoms with Gasteiger partial charge in [0.25, 0.3) is 0 Å². The van der Waals surface area contributed by atoms with Crippen LogP contribution in [-0.2, 0) is 6.18 Å². The maximum atomic E-state index is 12.3. The molecule has 0 fully saturated rings. The van der Waals surface area contributed by atoms with Crippen LogP contribution < -0.4 is 0 Å². The van der Waals surface area contributed by atoms with Crippen LogP contribution in [0.4, 0.5) is 13.2 Å². The van der Waals surface area contributed by atoms with Crippen LogP contribution in [0.2, 0.25) is 5.15 Å². The number of halogens is 4. The first-order valence-electron chi connectivity index (χ1n) is 4.27. The van der Waals surface area contributed by atoms with Crippen molar-refractivity contribution in [3.63, 3.8) is 0 Å². The lowest BCUT2D eigenvalue weighted by atomic mass is 10.1. The molecule has 0 aromatic carbocycles. The maximum absolute atomic E-state index is 12.3. The highest BCUT2D eigenvalue weighted by molar-refractivity contribution is 6.29. The van der Waals surface area contributed by atoms with Gasteiger partial charge in [0.05, 0.1) is 6.10 Å². The summed E-state index contributed by atoms with van der Waals surface area (Å²) in [6, 6.07) is 2.03. The number of aliphatic hydroxyl groups excluding tert-OH is 1. The summed E-state index contributed by atoms with van der Waals surface area (Å²) in [7, 11) is 0. The molecule has 1 heterocycles. The van der Waals surface area contributed by atoms with Crippen LogP contribution in [0.5, 0.6) is 0 Å². The van der Waals surface area contributed by atoms with Crippen molar-refractivity contribution in [2.75, 3.05) is 0 Å². The summed E-state index contributed by atoms with van der Waals surface area (Å²) in [4.78, 5) is 3.15. The fourth-order valence-electron chi connectivity index (χ4n) is 1.09. The number of alkyl halides is 3. The molecule has 0 bridgehead atoms. The van der Waals surface area contributed by atoms with E-state index in [1.54, 1.807) is 6.92 Å².